The van der Waals surface area contributed by atoms with Crippen LogP contribution in [0.2, 0.25) is 5.15 Å². The van der Waals surface area contributed by atoms with E-state index in [4.69, 9.17) is 11.6 Å². The van der Waals surface area contributed by atoms with Gasteiger partial charge in [-0.2, -0.15) is 0 Å². The molecule has 0 aliphatic rings. The lowest BCUT2D eigenvalue weighted by atomic mass is 10.4. The summed E-state index contributed by atoms with van der Waals surface area (Å²) in [6, 6.07) is 2.34. The van der Waals surface area contributed by atoms with E-state index in [0.29, 0.717) is 10.2 Å². The van der Waals surface area contributed by atoms with Crippen molar-refractivity contribution in [1.82, 2.24) is 19.7 Å². The molecular formula is C10H10ClN5O3S. The van der Waals surface area contributed by atoms with Crippen LogP contribution in [-0.4, -0.2) is 24.7 Å². The van der Waals surface area contributed by atoms with Crippen molar-refractivity contribution in [2.75, 3.05) is 0 Å². The zero-order valence-electron chi connectivity index (χ0n) is 10.5. The number of aromatic amines is 1. The lowest BCUT2D eigenvalue weighted by molar-refractivity contribution is -0.385. The van der Waals surface area contributed by atoms with Crippen molar-refractivity contribution in [3.05, 3.63) is 37.9 Å². The van der Waals surface area contributed by atoms with Crippen LogP contribution in [0.3, 0.4) is 0 Å². The van der Waals surface area contributed by atoms with Crippen molar-refractivity contribution in [1.29, 1.82) is 0 Å². The number of rotatable bonds is 4. The Hall–Kier alpha value is -1.87. The summed E-state index contributed by atoms with van der Waals surface area (Å²) >= 11 is 6.77. The Labute approximate surface area is 122 Å². The normalized spacial score (nSPS) is 11.0. The third kappa shape index (κ3) is 2.99. The number of aromatic nitrogens is 4. The van der Waals surface area contributed by atoms with Gasteiger partial charge in [0.25, 0.3) is 5.69 Å². The highest BCUT2D eigenvalue weighted by Gasteiger charge is 2.16. The van der Waals surface area contributed by atoms with Gasteiger partial charge in [0.15, 0.2) is 5.16 Å². The van der Waals surface area contributed by atoms with Crippen LogP contribution in [0.4, 0.5) is 5.69 Å². The topological polar surface area (TPSA) is 107 Å². The highest BCUT2D eigenvalue weighted by atomic mass is 35.5. The van der Waals surface area contributed by atoms with E-state index >= 15 is 0 Å². The van der Waals surface area contributed by atoms with Gasteiger partial charge < -0.3 is 0 Å². The highest BCUT2D eigenvalue weighted by Crippen LogP contribution is 2.29. The minimum absolute atomic E-state index is 0.00989. The first-order chi connectivity index (χ1) is 9.38. The van der Waals surface area contributed by atoms with E-state index in [1.54, 1.807) is 0 Å². The third-order valence-corrected chi connectivity index (χ3v) is 3.43. The molecule has 10 heteroatoms. The summed E-state index contributed by atoms with van der Waals surface area (Å²) in [6.45, 7) is 3.66. The fourth-order valence-electron chi connectivity index (χ4n) is 1.53. The lowest BCUT2D eigenvalue weighted by Crippen LogP contribution is -2.19. The summed E-state index contributed by atoms with van der Waals surface area (Å²) in [5.41, 5.74) is -0.513. The molecule has 2 rings (SSSR count). The summed E-state index contributed by atoms with van der Waals surface area (Å²) in [4.78, 5) is 25.8. The SMILES string of the molecule is CC(C)n1c(Sc2cc([N+](=O)[O-])cc(Cl)n2)n[nH]c1=O. The van der Waals surface area contributed by atoms with E-state index in [1.807, 2.05) is 13.8 Å². The zero-order valence-corrected chi connectivity index (χ0v) is 12.1. The van der Waals surface area contributed by atoms with Gasteiger partial charge in [-0.15, -0.1) is 5.10 Å². The van der Waals surface area contributed by atoms with Gasteiger partial charge in [-0.25, -0.2) is 14.9 Å². The first-order valence-corrected chi connectivity index (χ1v) is 6.74. The molecule has 2 heterocycles. The molecule has 0 bridgehead atoms. The molecule has 1 N–H and O–H groups in total. The largest absolute Gasteiger partial charge is 0.344 e. The van der Waals surface area contributed by atoms with Crippen molar-refractivity contribution in [3.63, 3.8) is 0 Å². The molecule has 106 valence electrons. The van der Waals surface area contributed by atoms with Crippen LogP contribution in [-0.2, 0) is 0 Å². The quantitative estimate of drug-likeness (QED) is 0.527. The summed E-state index contributed by atoms with van der Waals surface area (Å²) in [5, 5.41) is 17.7. The molecule has 0 saturated heterocycles. The summed E-state index contributed by atoms with van der Waals surface area (Å²) in [5.74, 6) is 0. The standard InChI is InChI=1S/C10H10ClN5O3S/c1-5(2)15-9(17)13-14-10(15)20-8-4-6(16(18)19)3-7(11)12-8/h3-5H,1-2H3,(H,13,17). The van der Waals surface area contributed by atoms with Crippen molar-refractivity contribution >= 4 is 29.1 Å². The predicted molar refractivity (Wildman–Crippen MR) is 73.3 cm³/mol. The molecule has 0 atom stereocenters. The van der Waals surface area contributed by atoms with Crippen LogP contribution >= 0.6 is 23.4 Å². The fourth-order valence-corrected chi connectivity index (χ4v) is 2.78. The second-order valence-electron chi connectivity index (χ2n) is 4.12. The third-order valence-electron chi connectivity index (χ3n) is 2.35. The molecule has 0 amide bonds. The van der Waals surface area contributed by atoms with Gasteiger partial charge in [-0.3, -0.25) is 14.7 Å². The molecule has 2 aromatic rings. The Bertz CT molecular complexity index is 711. The van der Waals surface area contributed by atoms with Gasteiger partial charge >= 0.3 is 5.69 Å². The van der Waals surface area contributed by atoms with Crippen LogP contribution in [0, 0.1) is 10.1 Å². The molecule has 2 aromatic heterocycles. The van der Waals surface area contributed by atoms with Crippen molar-refractivity contribution in [3.8, 4) is 0 Å². The Kier molecular flexibility index (Phi) is 4.09. The van der Waals surface area contributed by atoms with Crippen LogP contribution in [0.5, 0.6) is 0 Å². The molecule has 0 radical (unpaired) electrons. The molecule has 0 unspecified atom stereocenters. The zero-order chi connectivity index (χ0) is 14.9. The summed E-state index contributed by atoms with van der Waals surface area (Å²) in [7, 11) is 0. The number of nitrogens with zero attached hydrogens (tertiary/aromatic N) is 4. The van der Waals surface area contributed by atoms with E-state index in [1.165, 1.54) is 10.6 Å². The molecular weight excluding hydrogens is 306 g/mol. The van der Waals surface area contributed by atoms with Crippen LogP contribution in [0.25, 0.3) is 0 Å². The second kappa shape index (κ2) is 5.63. The average molecular weight is 316 g/mol. The fraction of sp³-hybridized carbons (Fsp3) is 0.300. The number of hydrogen-bond donors (Lipinski definition) is 1. The minimum atomic E-state index is -0.558. The minimum Gasteiger partial charge on any atom is -0.267 e. The maximum atomic E-state index is 11.6. The van der Waals surface area contributed by atoms with E-state index < -0.39 is 4.92 Å². The second-order valence-corrected chi connectivity index (χ2v) is 5.50. The predicted octanol–water partition coefficient (Wildman–Crippen LogP) is 2.26. The van der Waals surface area contributed by atoms with E-state index in [-0.39, 0.29) is 22.6 Å². The van der Waals surface area contributed by atoms with Gasteiger partial charge in [-0.1, -0.05) is 11.6 Å². The first kappa shape index (κ1) is 14.5. The van der Waals surface area contributed by atoms with E-state index in [0.717, 1.165) is 17.8 Å². The lowest BCUT2D eigenvalue weighted by Gasteiger charge is -2.07. The Morgan fingerprint density at radius 1 is 1.50 bits per heavy atom. The highest BCUT2D eigenvalue weighted by molar-refractivity contribution is 7.99. The van der Waals surface area contributed by atoms with Crippen LogP contribution < -0.4 is 5.69 Å². The Morgan fingerprint density at radius 2 is 2.20 bits per heavy atom. The summed E-state index contributed by atoms with van der Waals surface area (Å²) < 4.78 is 1.43. The number of nitrogens with one attached hydrogen (secondary N) is 1. The van der Waals surface area contributed by atoms with E-state index in [2.05, 4.69) is 15.2 Å². The Balaban J connectivity index is 2.40. The van der Waals surface area contributed by atoms with Gasteiger partial charge in [-0.05, 0) is 25.6 Å². The van der Waals surface area contributed by atoms with Crippen molar-refractivity contribution in [2.24, 2.45) is 0 Å². The van der Waals surface area contributed by atoms with Gasteiger partial charge in [0.2, 0.25) is 0 Å². The molecule has 20 heavy (non-hydrogen) atoms. The molecule has 0 aliphatic carbocycles. The van der Waals surface area contributed by atoms with Crippen molar-refractivity contribution < 1.29 is 4.92 Å². The number of nitro groups is 1. The van der Waals surface area contributed by atoms with Crippen LogP contribution in [0.1, 0.15) is 19.9 Å². The number of pyridine rings is 1. The van der Waals surface area contributed by atoms with Crippen molar-refractivity contribution in [2.45, 2.75) is 30.1 Å². The molecule has 0 aliphatic heterocycles. The number of hydrogen-bond acceptors (Lipinski definition) is 6. The first-order valence-electron chi connectivity index (χ1n) is 5.55. The smallest absolute Gasteiger partial charge is 0.267 e. The van der Waals surface area contributed by atoms with Crippen LogP contribution in [0.15, 0.2) is 27.1 Å². The number of H-pyrrole nitrogens is 1. The van der Waals surface area contributed by atoms with Gasteiger partial charge in [0, 0.05) is 12.1 Å². The molecule has 0 aromatic carbocycles. The molecule has 0 spiro atoms. The maximum Gasteiger partial charge on any atom is 0.344 e. The molecule has 8 nitrogen and oxygen atoms in total. The number of halogens is 1. The molecule has 0 saturated carbocycles. The van der Waals surface area contributed by atoms with Gasteiger partial charge in [0.1, 0.15) is 10.2 Å². The van der Waals surface area contributed by atoms with Gasteiger partial charge in [0.05, 0.1) is 11.0 Å². The average Bonchev–Trinajstić information content (AvgIpc) is 2.69. The Morgan fingerprint density at radius 3 is 2.80 bits per heavy atom. The monoisotopic (exact) mass is 315 g/mol. The summed E-state index contributed by atoms with van der Waals surface area (Å²) in [6.07, 6.45) is 0. The van der Waals surface area contributed by atoms with E-state index in [9.17, 15) is 14.9 Å². The maximum absolute atomic E-state index is 11.6. The molecule has 0 fully saturated rings.